The number of likely N-dealkylation sites (N-methyl/N-ethyl adjacent to an activating group) is 1. The van der Waals surface area contributed by atoms with Crippen molar-refractivity contribution in [3.63, 3.8) is 0 Å². The van der Waals surface area contributed by atoms with Crippen molar-refractivity contribution >= 4 is 31.9 Å². The molecule has 1 aromatic carbocycles. The van der Waals surface area contributed by atoms with Gasteiger partial charge in [0.05, 0.1) is 0 Å². The van der Waals surface area contributed by atoms with Crippen LogP contribution in [0.25, 0.3) is 0 Å². The fraction of sp³-hybridized carbons (Fsp3) is 0.462. The van der Waals surface area contributed by atoms with Crippen LogP contribution >= 0.6 is 15.9 Å². The molecule has 0 bridgehead atoms. The monoisotopic (exact) mass is 378 g/mol. The molecule has 0 spiro atoms. The van der Waals surface area contributed by atoms with E-state index >= 15 is 0 Å². The molecule has 1 N–H and O–H groups in total. The van der Waals surface area contributed by atoms with Gasteiger partial charge in [-0.3, -0.25) is 4.79 Å². The predicted molar refractivity (Wildman–Crippen MR) is 79.7 cm³/mol. The lowest BCUT2D eigenvalue weighted by atomic mass is 10.0. The fourth-order valence-electron chi connectivity index (χ4n) is 2.42. The molecule has 1 aromatic rings. The van der Waals surface area contributed by atoms with Crippen LogP contribution in [0.3, 0.4) is 0 Å². The summed E-state index contributed by atoms with van der Waals surface area (Å²) in [6, 6.07) is 2.96. The topological polar surface area (TPSA) is 66.5 Å². The summed E-state index contributed by atoms with van der Waals surface area (Å²) in [6.45, 7) is 0.215. The predicted octanol–water partition coefficient (Wildman–Crippen LogP) is 1.88. The number of piperidine rings is 1. The molecule has 0 aliphatic carbocycles. The molecule has 1 aliphatic heterocycles. The molecule has 8 heteroatoms. The molecule has 0 saturated carbocycles. The van der Waals surface area contributed by atoms with Gasteiger partial charge in [0.25, 0.3) is 0 Å². The normalized spacial score (nSPS) is 20.2. The van der Waals surface area contributed by atoms with Gasteiger partial charge in [0.2, 0.25) is 15.9 Å². The van der Waals surface area contributed by atoms with Crippen LogP contribution in [0, 0.1) is 5.82 Å². The van der Waals surface area contributed by atoms with E-state index in [4.69, 9.17) is 0 Å². The van der Waals surface area contributed by atoms with Crippen LogP contribution in [0.5, 0.6) is 0 Å². The van der Waals surface area contributed by atoms with E-state index in [0.717, 1.165) is 16.8 Å². The summed E-state index contributed by atoms with van der Waals surface area (Å²) >= 11 is 3.14. The third kappa shape index (κ3) is 3.27. The second kappa shape index (κ2) is 6.41. The molecule has 5 nitrogen and oxygen atoms in total. The lowest BCUT2D eigenvalue weighted by molar-refractivity contribution is -0.125. The Morgan fingerprint density at radius 2 is 2.14 bits per heavy atom. The maximum atomic E-state index is 13.9. The minimum atomic E-state index is -4.05. The Kier molecular flexibility index (Phi) is 5.00. The van der Waals surface area contributed by atoms with E-state index in [2.05, 4.69) is 21.2 Å². The standard InChI is InChI=1S/C13H16BrFN2O3S/c1-16-13(18)11-4-2-3-7-17(11)21(19,20)12-8-9(14)5-6-10(12)15/h5-6,8,11H,2-4,7H2,1H3,(H,16,18). The van der Waals surface area contributed by atoms with Gasteiger partial charge in [0.1, 0.15) is 16.8 Å². The van der Waals surface area contributed by atoms with Crippen LogP contribution in [-0.2, 0) is 14.8 Å². The third-order valence-electron chi connectivity index (χ3n) is 3.48. The number of benzene rings is 1. The van der Waals surface area contributed by atoms with E-state index in [0.29, 0.717) is 17.3 Å². The highest BCUT2D eigenvalue weighted by Gasteiger charge is 2.38. The lowest BCUT2D eigenvalue weighted by Crippen LogP contribution is -2.51. The summed E-state index contributed by atoms with van der Waals surface area (Å²) in [7, 11) is -2.59. The number of nitrogens with zero attached hydrogens (tertiary/aromatic N) is 1. The van der Waals surface area contributed by atoms with E-state index in [-0.39, 0.29) is 12.5 Å². The maximum Gasteiger partial charge on any atom is 0.246 e. The smallest absolute Gasteiger partial charge is 0.246 e. The SMILES string of the molecule is CNC(=O)C1CCCCN1S(=O)(=O)c1cc(Br)ccc1F. The van der Waals surface area contributed by atoms with Crippen molar-refractivity contribution in [2.45, 2.75) is 30.2 Å². The van der Waals surface area contributed by atoms with Crippen molar-refractivity contribution < 1.29 is 17.6 Å². The second-order valence-electron chi connectivity index (χ2n) is 4.82. The van der Waals surface area contributed by atoms with Gasteiger partial charge in [-0.2, -0.15) is 4.31 Å². The van der Waals surface area contributed by atoms with Crippen LogP contribution in [-0.4, -0.2) is 38.3 Å². The minimum Gasteiger partial charge on any atom is -0.358 e. The average molecular weight is 379 g/mol. The number of hydrogen-bond donors (Lipinski definition) is 1. The zero-order valence-electron chi connectivity index (χ0n) is 11.5. The molecule has 1 heterocycles. The first-order valence-corrected chi connectivity index (χ1v) is 8.79. The molecule has 1 atom stereocenters. The first-order chi connectivity index (χ1) is 9.87. The quantitative estimate of drug-likeness (QED) is 0.872. The van der Waals surface area contributed by atoms with Crippen molar-refractivity contribution in [3.8, 4) is 0 Å². The van der Waals surface area contributed by atoms with E-state index in [1.165, 1.54) is 19.2 Å². The van der Waals surface area contributed by atoms with Gasteiger partial charge in [-0.25, -0.2) is 12.8 Å². The zero-order chi connectivity index (χ0) is 15.6. The Bertz CT molecular complexity index is 651. The number of sulfonamides is 1. The molecule has 1 unspecified atom stereocenters. The van der Waals surface area contributed by atoms with Gasteiger partial charge in [-0.1, -0.05) is 22.4 Å². The molecule has 116 valence electrons. The largest absolute Gasteiger partial charge is 0.358 e. The van der Waals surface area contributed by atoms with Gasteiger partial charge >= 0.3 is 0 Å². The Morgan fingerprint density at radius 3 is 2.81 bits per heavy atom. The highest BCUT2D eigenvalue weighted by Crippen LogP contribution is 2.28. The second-order valence-corrected chi connectivity index (χ2v) is 7.59. The number of halogens is 2. The summed E-state index contributed by atoms with van der Waals surface area (Å²) < 4.78 is 40.8. The van der Waals surface area contributed by atoms with Crippen molar-refractivity contribution in [2.75, 3.05) is 13.6 Å². The molecule has 0 radical (unpaired) electrons. The van der Waals surface area contributed by atoms with Crippen molar-refractivity contribution in [2.24, 2.45) is 0 Å². The van der Waals surface area contributed by atoms with Gasteiger partial charge in [-0.15, -0.1) is 0 Å². The van der Waals surface area contributed by atoms with Crippen LogP contribution in [0.4, 0.5) is 4.39 Å². The average Bonchev–Trinajstić information content (AvgIpc) is 2.48. The fourth-order valence-corrected chi connectivity index (χ4v) is 4.68. The van der Waals surface area contributed by atoms with E-state index in [9.17, 15) is 17.6 Å². The van der Waals surface area contributed by atoms with Crippen LogP contribution in [0.1, 0.15) is 19.3 Å². The van der Waals surface area contributed by atoms with Gasteiger partial charge in [-0.05, 0) is 31.0 Å². The molecule has 1 saturated heterocycles. The van der Waals surface area contributed by atoms with Crippen LogP contribution < -0.4 is 5.32 Å². The van der Waals surface area contributed by atoms with E-state index in [1.807, 2.05) is 0 Å². The Balaban J connectivity index is 2.45. The first kappa shape index (κ1) is 16.4. The van der Waals surface area contributed by atoms with Crippen molar-refractivity contribution in [1.82, 2.24) is 9.62 Å². The highest BCUT2D eigenvalue weighted by atomic mass is 79.9. The number of amides is 1. The summed E-state index contributed by atoms with van der Waals surface area (Å²) in [5.41, 5.74) is 0. The number of hydrogen-bond acceptors (Lipinski definition) is 3. The Morgan fingerprint density at radius 1 is 1.43 bits per heavy atom. The lowest BCUT2D eigenvalue weighted by Gasteiger charge is -2.33. The van der Waals surface area contributed by atoms with Gasteiger partial charge in [0.15, 0.2) is 0 Å². The number of rotatable bonds is 3. The summed E-state index contributed by atoms with van der Waals surface area (Å²) in [6.07, 6.45) is 1.86. The van der Waals surface area contributed by atoms with Crippen molar-refractivity contribution in [3.05, 3.63) is 28.5 Å². The zero-order valence-corrected chi connectivity index (χ0v) is 13.9. The molecular formula is C13H16BrFN2O3S. The molecule has 1 amide bonds. The summed E-state index contributed by atoms with van der Waals surface area (Å²) in [5, 5.41) is 2.47. The maximum absolute atomic E-state index is 13.9. The molecule has 1 fully saturated rings. The van der Waals surface area contributed by atoms with Gasteiger partial charge in [0, 0.05) is 18.1 Å². The summed E-state index contributed by atoms with van der Waals surface area (Å²) in [5.74, 6) is -1.19. The number of carbonyl (C=O) groups is 1. The minimum absolute atomic E-state index is 0.215. The highest BCUT2D eigenvalue weighted by molar-refractivity contribution is 9.10. The first-order valence-electron chi connectivity index (χ1n) is 6.56. The molecule has 21 heavy (non-hydrogen) atoms. The van der Waals surface area contributed by atoms with Crippen LogP contribution in [0.15, 0.2) is 27.6 Å². The summed E-state index contributed by atoms with van der Waals surface area (Å²) in [4.78, 5) is 11.5. The van der Waals surface area contributed by atoms with E-state index in [1.54, 1.807) is 0 Å². The third-order valence-corrected chi connectivity index (χ3v) is 5.90. The Labute approximate surface area is 131 Å². The van der Waals surface area contributed by atoms with Gasteiger partial charge < -0.3 is 5.32 Å². The number of nitrogens with one attached hydrogen (secondary N) is 1. The molecule has 2 rings (SSSR count). The molecule has 0 aromatic heterocycles. The Hall–Kier alpha value is -0.990. The molecular weight excluding hydrogens is 363 g/mol. The number of carbonyl (C=O) groups excluding carboxylic acids is 1. The van der Waals surface area contributed by atoms with Crippen molar-refractivity contribution in [1.29, 1.82) is 0 Å². The van der Waals surface area contributed by atoms with E-state index < -0.39 is 26.8 Å². The van der Waals surface area contributed by atoms with Crippen LogP contribution in [0.2, 0.25) is 0 Å². The molecule has 1 aliphatic rings.